The number of carbonyl (C=O) groups is 2. The van der Waals surface area contributed by atoms with Crippen LogP contribution < -0.4 is 0 Å². The van der Waals surface area contributed by atoms with Gasteiger partial charge in [-0.1, -0.05) is 0 Å². The molecule has 0 saturated heterocycles. The third kappa shape index (κ3) is 6.95. The molecule has 0 atom stereocenters. The molecule has 0 saturated carbocycles. The van der Waals surface area contributed by atoms with Gasteiger partial charge in [-0.15, -0.1) is 0 Å². The van der Waals surface area contributed by atoms with Gasteiger partial charge < -0.3 is 10.2 Å². The molecule has 0 bridgehead atoms. The maximum Gasteiger partial charge on any atom is 0.328 e. The summed E-state index contributed by atoms with van der Waals surface area (Å²) in [7, 11) is 0. The summed E-state index contributed by atoms with van der Waals surface area (Å²) in [4.78, 5) is 20.7. The molecule has 12 heavy (non-hydrogen) atoms. The van der Waals surface area contributed by atoms with Gasteiger partial charge in [-0.05, 0) is 18.9 Å². The van der Waals surface area contributed by atoms with Crippen LogP contribution in [-0.4, -0.2) is 28.6 Å². The first-order valence-corrected chi connectivity index (χ1v) is 3.71. The van der Waals surface area contributed by atoms with E-state index < -0.39 is 5.97 Å². The predicted molar refractivity (Wildman–Crippen MR) is 42.7 cm³/mol. The summed E-state index contributed by atoms with van der Waals surface area (Å²) in [5, 5.41) is 16.5. The molecule has 68 valence electrons. The Morgan fingerprint density at radius 3 is 2.33 bits per heavy atom. The van der Waals surface area contributed by atoms with Gasteiger partial charge in [0.1, 0.15) is 0 Å². The van der Waals surface area contributed by atoms with Crippen LogP contribution >= 0.6 is 0 Å². The SMILES string of the molecule is O=C(O)/C=C/C(=O)CCCCO. The van der Waals surface area contributed by atoms with Crippen molar-refractivity contribution in [3.8, 4) is 0 Å². The average molecular weight is 172 g/mol. The molecule has 4 heteroatoms. The summed E-state index contributed by atoms with van der Waals surface area (Å²) in [5.74, 6) is -1.34. The van der Waals surface area contributed by atoms with Gasteiger partial charge in [-0.3, -0.25) is 4.79 Å². The smallest absolute Gasteiger partial charge is 0.328 e. The Morgan fingerprint density at radius 1 is 1.17 bits per heavy atom. The van der Waals surface area contributed by atoms with E-state index in [4.69, 9.17) is 10.2 Å². The molecule has 0 rings (SSSR count). The predicted octanol–water partition coefficient (Wildman–Crippen LogP) is 0.359. The lowest BCUT2D eigenvalue weighted by molar-refractivity contribution is -0.131. The fourth-order valence-electron chi connectivity index (χ4n) is 0.659. The Labute approximate surface area is 70.5 Å². The lowest BCUT2D eigenvalue weighted by Gasteiger charge is -1.92. The first kappa shape index (κ1) is 10.8. The van der Waals surface area contributed by atoms with Crippen LogP contribution in [0.5, 0.6) is 0 Å². The van der Waals surface area contributed by atoms with Crippen molar-refractivity contribution in [3.63, 3.8) is 0 Å². The summed E-state index contributed by atoms with van der Waals surface area (Å²) >= 11 is 0. The van der Waals surface area contributed by atoms with Crippen molar-refractivity contribution in [3.05, 3.63) is 12.2 Å². The summed E-state index contributed by atoms with van der Waals surface area (Å²) < 4.78 is 0. The molecule has 0 aliphatic carbocycles. The highest BCUT2D eigenvalue weighted by atomic mass is 16.4. The van der Waals surface area contributed by atoms with Crippen LogP contribution in [-0.2, 0) is 9.59 Å². The van der Waals surface area contributed by atoms with Crippen molar-refractivity contribution < 1.29 is 19.8 Å². The van der Waals surface area contributed by atoms with Gasteiger partial charge in [0.25, 0.3) is 0 Å². The maximum absolute atomic E-state index is 10.8. The molecular formula is C8H12O4. The van der Waals surface area contributed by atoms with Crippen LogP contribution in [0.2, 0.25) is 0 Å². The van der Waals surface area contributed by atoms with Gasteiger partial charge >= 0.3 is 5.97 Å². The number of aliphatic hydroxyl groups excluding tert-OH is 1. The van der Waals surface area contributed by atoms with Gasteiger partial charge in [0.15, 0.2) is 5.78 Å². The van der Waals surface area contributed by atoms with Crippen molar-refractivity contribution in [1.82, 2.24) is 0 Å². The number of carboxylic acids is 1. The summed E-state index contributed by atoms with van der Waals surface area (Å²) in [6, 6.07) is 0. The van der Waals surface area contributed by atoms with E-state index in [0.717, 1.165) is 12.2 Å². The standard InChI is InChI=1S/C8H12O4/c9-6-2-1-3-7(10)4-5-8(11)12/h4-5,9H,1-3,6H2,(H,11,12)/b5-4+. The van der Waals surface area contributed by atoms with Crippen LogP contribution in [0.3, 0.4) is 0 Å². The zero-order chi connectivity index (χ0) is 9.40. The lowest BCUT2D eigenvalue weighted by atomic mass is 10.2. The van der Waals surface area contributed by atoms with Crippen molar-refractivity contribution in [2.45, 2.75) is 19.3 Å². The van der Waals surface area contributed by atoms with E-state index in [0.29, 0.717) is 19.3 Å². The molecule has 0 radical (unpaired) electrons. The molecule has 0 spiro atoms. The number of allylic oxidation sites excluding steroid dienone is 1. The van der Waals surface area contributed by atoms with Gasteiger partial charge in [-0.25, -0.2) is 4.79 Å². The minimum Gasteiger partial charge on any atom is -0.478 e. The Bertz CT molecular complexity index is 183. The first-order valence-electron chi connectivity index (χ1n) is 3.71. The Hall–Kier alpha value is -1.16. The number of rotatable bonds is 6. The molecule has 0 unspecified atom stereocenters. The van der Waals surface area contributed by atoms with Gasteiger partial charge in [-0.2, -0.15) is 0 Å². The zero-order valence-corrected chi connectivity index (χ0v) is 6.69. The first-order chi connectivity index (χ1) is 5.66. The van der Waals surface area contributed by atoms with E-state index in [1.165, 1.54) is 0 Å². The highest BCUT2D eigenvalue weighted by Crippen LogP contribution is 1.96. The zero-order valence-electron chi connectivity index (χ0n) is 6.69. The molecule has 0 amide bonds. The van der Waals surface area contributed by atoms with Gasteiger partial charge in [0.2, 0.25) is 0 Å². The van der Waals surface area contributed by atoms with E-state index in [9.17, 15) is 9.59 Å². The fraction of sp³-hybridized carbons (Fsp3) is 0.500. The van der Waals surface area contributed by atoms with Crippen molar-refractivity contribution >= 4 is 11.8 Å². The highest BCUT2D eigenvalue weighted by Gasteiger charge is 1.96. The van der Waals surface area contributed by atoms with Crippen LogP contribution in [0, 0.1) is 0 Å². The highest BCUT2D eigenvalue weighted by molar-refractivity contribution is 5.95. The number of hydrogen-bond acceptors (Lipinski definition) is 3. The molecule has 0 heterocycles. The van der Waals surface area contributed by atoms with Crippen LogP contribution in [0.1, 0.15) is 19.3 Å². The third-order valence-electron chi connectivity index (χ3n) is 1.24. The van der Waals surface area contributed by atoms with Crippen LogP contribution in [0.15, 0.2) is 12.2 Å². The summed E-state index contributed by atoms with van der Waals surface area (Å²) in [6.45, 7) is 0.0654. The summed E-state index contributed by atoms with van der Waals surface area (Å²) in [6.07, 6.45) is 3.33. The third-order valence-corrected chi connectivity index (χ3v) is 1.24. The number of carbonyl (C=O) groups excluding carboxylic acids is 1. The van der Waals surface area contributed by atoms with Gasteiger partial charge in [0, 0.05) is 19.1 Å². The van der Waals surface area contributed by atoms with E-state index >= 15 is 0 Å². The monoisotopic (exact) mass is 172 g/mol. The van der Waals surface area contributed by atoms with Crippen molar-refractivity contribution in [2.24, 2.45) is 0 Å². The topological polar surface area (TPSA) is 74.6 Å². The van der Waals surface area contributed by atoms with Crippen molar-refractivity contribution in [2.75, 3.05) is 6.61 Å². The van der Waals surface area contributed by atoms with Crippen LogP contribution in [0.4, 0.5) is 0 Å². The van der Waals surface area contributed by atoms with E-state index in [-0.39, 0.29) is 12.4 Å². The number of unbranched alkanes of at least 4 members (excludes halogenated alkanes) is 1. The molecule has 4 nitrogen and oxygen atoms in total. The maximum atomic E-state index is 10.8. The Kier molecular flexibility index (Phi) is 5.91. The minimum atomic E-state index is -1.12. The summed E-state index contributed by atoms with van der Waals surface area (Å²) in [5.41, 5.74) is 0. The average Bonchev–Trinajstić information content (AvgIpc) is 2.01. The van der Waals surface area contributed by atoms with Crippen molar-refractivity contribution in [1.29, 1.82) is 0 Å². The van der Waals surface area contributed by atoms with E-state index in [1.54, 1.807) is 0 Å². The molecule has 0 aromatic heterocycles. The number of carboxylic acid groups (broad SMARTS) is 1. The second-order valence-corrected chi connectivity index (χ2v) is 2.32. The lowest BCUT2D eigenvalue weighted by Crippen LogP contribution is -1.96. The Balaban J connectivity index is 3.53. The number of ketones is 1. The Morgan fingerprint density at radius 2 is 1.83 bits per heavy atom. The molecule has 0 aliphatic rings. The largest absolute Gasteiger partial charge is 0.478 e. The molecule has 0 fully saturated rings. The fourth-order valence-corrected chi connectivity index (χ4v) is 0.659. The molecule has 0 aromatic rings. The number of aliphatic carboxylic acids is 1. The second kappa shape index (κ2) is 6.54. The number of hydrogen-bond donors (Lipinski definition) is 2. The molecule has 0 aromatic carbocycles. The minimum absolute atomic E-state index is 0.0654. The van der Waals surface area contributed by atoms with E-state index in [1.807, 2.05) is 0 Å². The van der Waals surface area contributed by atoms with E-state index in [2.05, 4.69) is 0 Å². The second-order valence-electron chi connectivity index (χ2n) is 2.32. The van der Waals surface area contributed by atoms with Crippen LogP contribution in [0.25, 0.3) is 0 Å². The quantitative estimate of drug-likeness (QED) is 0.448. The molecular weight excluding hydrogens is 160 g/mol. The normalized spacial score (nSPS) is 10.4. The molecule has 0 aliphatic heterocycles. The molecule has 2 N–H and O–H groups in total. The van der Waals surface area contributed by atoms with Gasteiger partial charge in [0.05, 0.1) is 0 Å². The number of aliphatic hydroxyl groups is 1.